The molecule has 2 rings (SSSR count). The Bertz CT molecular complexity index is 347. The maximum atomic E-state index is 4.32. The Morgan fingerprint density at radius 1 is 1.41 bits per heavy atom. The second kappa shape index (κ2) is 5.65. The van der Waals surface area contributed by atoms with Crippen LogP contribution in [0.1, 0.15) is 32.0 Å². The van der Waals surface area contributed by atoms with Crippen molar-refractivity contribution in [2.75, 3.05) is 26.7 Å². The van der Waals surface area contributed by atoms with Crippen LogP contribution in [0.5, 0.6) is 0 Å². The summed E-state index contributed by atoms with van der Waals surface area (Å²) < 4.78 is 2.28. The summed E-state index contributed by atoms with van der Waals surface area (Å²) in [7, 11) is 2.04. The first kappa shape index (κ1) is 12.6. The van der Waals surface area contributed by atoms with Crippen LogP contribution in [-0.4, -0.2) is 41.1 Å². The van der Waals surface area contributed by atoms with Gasteiger partial charge in [0.05, 0.1) is 18.1 Å². The van der Waals surface area contributed by atoms with Gasteiger partial charge in [0.15, 0.2) is 0 Å². The van der Waals surface area contributed by atoms with Crippen LogP contribution in [0, 0.1) is 5.92 Å². The second-order valence-corrected chi connectivity index (χ2v) is 4.78. The average molecular weight is 236 g/mol. The van der Waals surface area contributed by atoms with E-state index < -0.39 is 0 Å². The zero-order valence-corrected chi connectivity index (χ0v) is 11.2. The molecule has 0 saturated carbocycles. The molecule has 2 heterocycles. The van der Waals surface area contributed by atoms with Crippen molar-refractivity contribution in [2.24, 2.45) is 5.92 Å². The molecule has 0 amide bonds. The van der Waals surface area contributed by atoms with Gasteiger partial charge in [-0.3, -0.25) is 4.90 Å². The van der Waals surface area contributed by atoms with E-state index in [4.69, 9.17) is 0 Å². The molecule has 1 aromatic rings. The summed E-state index contributed by atoms with van der Waals surface area (Å²) >= 11 is 0. The van der Waals surface area contributed by atoms with E-state index in [9.17, 15) is 0 Å². The molecule has 1 aliphatic heterocycles. The van der Waals surface area contributed by atoms with Crippen LogP contribution in [0.2, 0.25) is 0 Å². The van der Waals surface area contributed by atoms with Crippen molar-refractivity contribution in [1.29, 1.82) is 0 Å². The molecule has 0 aromatic carbocycles. The summed E-state index contributed by atoms with van der Waals surface area (Å²) in [5, 5.41) is 3.33. The van der Waals surface area contributed by atoms with Crippen molar-refractivity contribution < 1.29 is 0 Å². The molecule has 1 saturated heterocycles. The topological polar surface area (TPSA) is 33.1 Å². The molecule has 17 heavy (non-hydrogen) atoms. The van der Waals surface area contributed by atoms with E-state index in [2.05, 4.69) is 33.6 Å². The van der Waals surface area contributed by atoms with Gasteiger partial charge in [0.25, 0.3) is 0 Å². The van der Waals surface area contributed by atoms with E-state index in [0.717, 1.165) is 19.6 Å². The van der Waals surface area contributed by atoms with Crippen LogP contribution in [0.15, 0.2) is 12.5 Å². The van der Waals surface area contributed by atoms with Crippen molar-refractivity contribution in [3.63, 3.8) is 0 Å². The van der Waals surface area contributed by atoms with Gasteiger partial charge in [-0.2, -0.15) is 0 Å². The van der Waals surface area contributed by atoms with Gasteiger partial charge < -0.3 is 9.88 Å². The van der Waals surface area contributed by atoms with Crippen LogP contribution in [0.3, 0.4) is 0 Å². The molecule has 96 valence electrons. The standard InChI is InChI=1S/C13H24N4/c1-4-16-7-6-11(8-14-3)13(16)12-9-15-10-17(12)5-2/h9-11,13-14H,4-8H2,1-3H3. The Hall–Kier alpha value is -0.870. The number of imidazole rings is 1. The lowest BCUT2D eigenvalue weighted by molar-refractivity contribution is 0.228. The van der Waals surface area contributed by atoms with Gasteiger partial charge in [0.1, 0.15) is 0 Å². The van der Waals surface area contributed by atoms with E-state index in [1.807, 2.05) is 19.6 Å². The zero-order chi connectivity index (χ0) is 12.3. The first-order valence-corrected chi connectivity index (χ1v) is 6.70. The number of nitrogens with zero attached hydrogens (tertiary/aromatic N) is 3. The minimum absolute atomic E-state index is 0.537. The maximum Gasteiger partial charge on any atom is 0.0948 e. The summed E-state index contributed by atoms with van der Waals surface area (Å²) in [6, 6.07) is 0.537. The Morgan fingerprint density at radius 3 is 2.88 bits per heavy atom. The van der Waals surface area contributed by atoms with Crippen molar-refractivity contribution in [2.45, 2.75) is 32.9 Å². The van der Waals surface area contributed by atoms with E-state index >= 15 is 0 Å². The fourth-order valence-corrected chi connectivity index (χ4v) is 3.03. The third-order valence-electron chi connectivity index (χ3n) is 3.89. The fourth-order valence-electron chi connectivity index (χ4n) is 3.03. The molecule has 2 atom stereocenters. The molecule has 1 fully saturated rings. The van der Waals surface area contributed by atoms with Gasteiger partial charge in [-0.05, 0) is 45.9 Å². The SMILES string of the molecule is CCN1CCC(CNC)C1c1cncn1CC. The molecule has 4 heteroatoms. The molecule has 1 aromatic heterocycles. The zero-order valence-electron chi connectivity index (χ0n) is 11.2. The van der Waals surface area contributed by atoms with E-state index in [1.165, 1.54) is 18.7 Å². The van der Waals surface area contributed by atoms with Gasteiger partial charge in [-0.15, -0.1) is 0 Å². The van der Waals surface area contributed by atoms with Crippen molar-refractivity contribution in [3.05, 3.63) is 18.2 Å². The highest BCUT2D eigenvalue weighted by Crippen LogP contribution is 2.36. The molecule has 2 unspecified atom stereocenters. The summed E-state index contributed by atoms with van der Waals surface area (Å²) in [4.78, 5) is 6.89. The number of hydrogen-bond acceptors (Lipinski definition) is 3. The molecule has 1 N–H and O–H groups in total. The highest BCUT2D eigenvalue weighted by Gasteiger charge is 2.35. The number of hydrogen-bond donors (Lipinski definition) is 1. The lowest BCUT2D eigenvalue weighted by Crippen LogP contribution is -2.30. The third-order valence-corrected chi connectivity index (χ3v) is 3.89. The molecule has 1 aliphatic rings. The van der Waals surface area contributed by atoms with Crippen LogP contribution < -0.4 is 5.32 Å². The summed E-state index contributed by atoms with van der Waals surface area (Å²) in [5.74, 6) is 0.710. The van der Waals surface area contributed by atoms with Gasteiger partial charge in [-0.1, -0.05) is 6.92 Å². The number of aromatic nitrogens is 2. The molecular weight excluding hydrogens is 212 g/mol. The van der Waals surface area contributed by atoms with Crippen LogP contribution in [0.4, 0.5) is 0 Å². The van der Waals surface area contributed by atoms with E-state index in [-0.39, 0.29) is 0 Å². The van der Waals surface area contributed by atoms with E-state index in [0.29, 0.717) is 12.0 Å². The van der Waals surface area contributed by atoms with Crippen molar-refractivity contribution >= 4 is 0 Å². The monoisotopic (exact) mass is 236 g/mol. The smallest absolute Gasteiger partial charge is 0.0948 e. The average Bonchev–Trinajstić information content (AvgIpc) is 2.94. The van der Waals surface area contributed by atoms with Crippen LogP contribution >= 0.6 is 0 Å². The largest absolute Gasteiger partial charge is 0.333 e. The molecule has 0 bridgehead atoms. The van der Waals surface area contributed by atoms with E-state index in [1.54, 1.807) is 0 Å². The third kappa shape index (κ3) is 2.38. The Labute approximate surface area is 104 Å². The summed E-state index contributed by atoms with van der Waals surface area (Å²) in [5.41, 5.74) is 1.38. The minimum atomic E-state index is 0.537. The van der Waals surface area contributed by atoms with Crippen molar-refractivity contribution in [1.82, 2.24) is 19.8 Å². The van der Waals surface area contributed by atoms with Gasteiger partial charge in [-0.25, -0.2) is 4.98 Å². The van der Waals surface area contributed by atoms with Crippen molar-refractivity contribution in [3.8, 4) is 0 Å². The number of aryl methyl sites for hydroxylation is 1. The lowest BCUT2D eigenvalue weighted by atomic mass is 9.97. The quantitative estimate of drug-likeness (QED) is 0.841. The predicted molar refractivity (Wildman–Crippen MR) is 69.9 cm³/mol. The number of nitrogens with one attached hydrogen (secondary N) is 1. The normalized spacial score (nSPS) is 25.6. The number of likely N-dealkylation sites (tertiary alicyclic amines) is 1. The molecule has 0 spiro atoms. The van der Waals surface area contributed by atoms with Gasteiger partial charge in [0, 0.05) is 12.7 Å². The van der Waals surface area contributed by atoms with Crippen LogP contribution in [-0.2, 0) is 6.54 Å². The Kier molecular flexibility index (Phi) is 4.18. The second-order valence-electron chi connectivity index (χ2n) is 4.78. The molecule has 4 nitrogen and oxygen atoms in total. The van der Waals surface area contributed by atoms with Gasteiger partial charge in [0.2, 0.25) is 0 Å². The summed E-state index contributed by atoms with van der Waals surface area (Å²) in [6.07, 6.45) is 5.29. The Balaban J connectivity index is 2.24. The molecular formula is C13H24N4. The predicted octanol–water partition coefficient (Wildman–Crippen LogP) is 1.51. The Morgan fingerprint density at radius 2 is 2.24 bits per heavy atom. The first-order valence-electron chi connectivity index (χ1n) is 6.70. The highest BCUT2D eigenvalue weighted by atomic mass is 15.2. The minimum Gasteiger partial charge on any atom is -0.333 e. The van der Waals surface area contributed by atoms with Crippen LogP contribution in [0.25, 0.3) is 0 Å². The summed E-state index contributed by atoms with van der Waals surface area (Å²) in [6.45, 7) is 8.87. The maximum absolute atomic E-state index is 4.32. The highest BCUT2D eigenvalue weighted by molar-refractivity contribution is 5.10. The lowest BCUT2D eigenvalue weighted by Gasteiger charge is -2.27. The molecule has 0 radical (unpaired) electrons. The first-order chi connectivity index (χ1) is 8.31. The fraction of sp³-hybridized carbons (Fsp3) is 0.769. The number of rotatable bonds is 5. The molecule has 0 aliphatic carbocycles. The van der Waals surface area contributed by atoms with Gasteiger partial charge >= 0.3 is 0 Å².